The zero-order chi connectivity index (χ0) is 6.91. The molecule has 0 bridgehead atoms. The maximum absolute atomic E-state index is 5.37. The van der Waals surface area contributed by atoms with E-state index >= 15 is 0 Å². The molecule has 0 aromatic carbocycles. The van der Waals surface area contributed by atoms with Gasteiger partial charge in [-0.15, -0.1) is 6.58 Å². The van der Waals surface area contributed by atoms with Crippen LogP contribution in [0.2, 0.25) is 5.04 Å². The van der Waals surface area contributed by atoms with Crippen molar-refractivity contribution in [1.29, 1.82) is 0 Å². The van der Waals surface area contributed by atoms with Gasteiger partial charge < -0.3 is 8.23 Å². The Morgan fingerprint density at radius 1 is 1.56 bits per heavy atom. The lowest BCUT2D eigenvalue weighted by molar-refractivity contribution is 0.287. The first-order valence-electron chi connectivity index (χ1n) is 3.03. The van der Waals surface area contributed by atoms with E-state index in [9.17, 15) is 0 Å². The lowest BCUT2D eigenvalue weighted by atomic mass is 10.2. The standard InChI is InChI=1S/C5H12O2Si2/c1-4-5(2,3)9-6-8-7-9/h4,9H,1,8H2,2-3H3. The minimum atomic E-state index is -1.27. The first-order chi connectivity index (χ1) is 4.17. The van der Waals surface area contributed by atoms with Crippen molar-refractivity contribution in [2.75, 3.05) is 0 Å². The van der Waals surface area contributed by atoms with E-state index in [-0.39, 0.29) is 5.04 Å². The number of allylic oxidation sites excluding steroid dienone is 1. The van der Waals surface area contributed by atoms with E-state index in [0.29, 0.717) is 0 Å². The molecule has 1 fully saturated rings. The van der Waals surface area contributed by atoms with Crippen LogP contribution in [0.3, 0.4) is 0 Å². The Morgan fingerprint density at radius 3 is 2.22 bits per heavy atom. The first kappa shape index (κ1) is 7.20. The van der Waals surface area contributed by atoms with Crippen molar-refractivity contribution in [2.24, 2.45) is 0 Å². The van der Waals surface area contributed by atoms with Crippen LogP contribution < -0.4 is 0 Å². The molecule has 0 radical (unpaired) electrons. The predicted molar refractivity (Wildman–Crippen MR) is 42.1 cm³/mol. The maximum atomic E-state index is 5.37. The molecule has 2 nitrogen and oxygen atoms in total. The molecule has 0 N–H and O–H groups in total. The third kappa shape index (κ3) is 1.32. The van der Waals surface area contributed by atoms with Crippen molar-refractivity contribution in [1.82, 2.24) is 0 Å². The Labute approximate surface area is 59.8 Å². The summed E-state index contributed by atoms with van der Waals surface area (Å²) in [6.07, 6.45) is 1.93. The highest BCUT2D eigenvalue weighted by Crippen LogP contribution is 2.33. The van der Waals surface area contributed by atoms with Gasteiger partial charge in [0.15, 0.2) is 0 Å². The van der Waals surface area contributed by atoms with Crippen LogP contribution in [0.25, 0.3) is 0 Å². The fourth-order valence-electron chi connectivity index (χ4n) is 0.662. The van der Waals surface area contributed by atoms with Gasteiger partial charge in [0.25, 0.3) is 10.0 Å². The molecule has 4 heteroatoms. The van der Waals surface area contributed by atoms with Crippen LogP contribution in [0.1, 0.15) is 13.8 Å². The Hall–Kier alpha value is 0.0938. The molecule has 1 aliphatic heterocycles. The highest BCUT2D eigenvalue weighted by atomic mass is 28.4. The lowest BCUT2D eigenvalue weighted by Crippen LogP contribution is -2.46. The Morgan fingerprint density at radius 2 is 2.11 bits per heavy atom. The van der Waals surface area contributed by atoms with E-state index in [4.69, 9.17) is 8.23 Å². The molecule has 1 aliphatic rings. The Kier molecular flexibility index (Phi) is 1.90. The minimum absolute atomic E-state index is 0.130. The average molecular weight is 160 g/mol. The van der Waals surface area contributed by atoms with Gasteiger partial charge in [0.2, 0.25) is 0 Å². The molecular formula is C5H12O2Si2. The summed E-state index contributed by atoms with van der Waals surface area (Å²) < 4.78 is 10.7. The van der Waals surface area contributed by atoms with Gasteiger partial charge in [-0.1, -0.05) is 19.9 Å². The normalized spacial score (nSPS) is 29.8. The van der Waals surface area contributed by atoms with Crippen LogP contribution >= 0.6 is 0 Å². The van der Waals surface area contributed by atoms with Gasteiger partial charge in [0.1, 0.15) is 0 Å². The summed E-state index contributed by atoms with van der Waals surface area (Å²) in [6, 6.07) is 0. The molecule has 1 rings (SSSR count). The van der Waals surface area contributed by atoms with Crippen LogP contribution in [0, 0.1) is 0 Å². The van der Waals surface area contributed by atoms with Crippen LogP contribution in [-0.2, 0) is 8.23 Å². The second kappa shape index (κ2) is 2.38. The van der Waals surface area contributed by atoms with Crippen molar-refractivity contribution in [2.45, 2.75) is 18.9 Å². The summed E-state index contributed by atoms with van der Waals surface area (Å²) in [6.45, 7) is 7.96. The molecule has 1 saturated heterocycles. The van der Waals surface area contributed by atoms with E-state index in [1.807, 2.05) is 6.08 Å². The SMILES string of the molecule is C=CC(C)(C)[SiH]1O[SiH2]O1. The topological polar surface area (TPSA) is 18.5 Å². The fourth-order valence-corrected chi connectivity index (χ4v) is 5.38. The molecule has 0 saturated carbocycles. The van der Waals surface area contributed by atoms with Gasteiger partial charge in [-0.2, -0.15) is 0 Å². The van der Waals surface area contributed by atoms with Gasteiger partial charge in [-0.05, 0) is 0 Å². The van der Waals surface area contributed by atoms with E-state index in [2.05, 4.69) is 20.4 Å². The van der Waals surface area contributed by atoms with E-state index in [1.54, 1.807) is 0 Å². The zero-order valence-corrected chi connectivity index (χ0v) is 8.45. The number of hydrogen-bond donors (Lipinski definition) is 0. The number of rotatable bonds is 2. The van der Waals surface area contributed by atoms with Crippen molar-refractivity contribution in [3.8, 4) is 0 Å². The molecule has 0 spiro atoms. The highest BCUT2D eigenvalue weighted by molar-refractivity contribution is 6.67. The quantitative estimate of drug-likeness (QED) is 0.425. The minimum Gasteiger partial charge on any atom is -0.422 e. The van der Waals surface area contributed by atoms with Crippen LogP contribution in [0.5, 0.6) is 0 Å². The molecule has 52 valence electrons. The second-order valence-corrected chi connectivity index (χ2v) is 7.86. The van der Waals surface area contributed by atoms with Gasteiger partial charge in [0.05, 0.1) is 0 Å². The van der Waals surface area contributed by atoms with Gasteiger partial charge in [-0.25, -0.2) is 0 Å². The monoisotopic (exact) mass is 160 g/mol. The summed E-state index contributed by atoms with van der Waals surface area (Å²) in [7, 11) is -1.78. The molecule has 0 amide bonds. The summed E-state index contributed by atoms with van der Waals surface area (Å²) in [5.74, 6) is 0. The van der Waals surface area contributed by atoms with Crippen molar-refractivity contribution in [3.63, 3.8) is 0 Å². The molecule has 0 aromatic heterocycles. The summed E-state index contributed by atoms with van der Waals surface area (Å²) in [4.78, 5) is 0. The molecule has 1 heterocycles. The van der Waals surface area contributed by atoms with Gasteiger partial charge >= 0.3 is 9.28 Å². The van der Waals surface area contributed by atoms with Crippen LogP contribution in [0.15, 0.2) is 12.7 Å². The van der Waals surface area contributed by atoms with Gasteiger partial charge in [-0.3, -0.25) is 0 Å². The van der Waals surface area contributed by atoms with Crippen molar-refractivity contribution in [3.05, 3.63) is 12.7 Å². The predicted octanol–water partition coefficient (Wildman–Crippen LogP) is 0.219. The highest BCUT2D eigenvalue weighted by Gasteiger charge is 2.36. The summed E-state index contributed by atoms with van der Waals surface area (Å²) in [5.41, 5.74) is 0. The Balaban J connectivity index is 2.46. The van der Waals surface area contributed by atoms with Crippen LogP contribution in [0.4, 0.5) is 0 Å². The number of hydrogen-bond acceptors (Lipinski definition) is 2. The molecule has 0 atom stereocenters. The molecule has 0 aliphatic carbocycles. The van der Waals surface area contributed by atoms with Crippen LogP contribution in [-0.4, -0.2) is 19.3 Å². The second-order valence-electron chi connectivity index (χ2n) is 2.81. The smallest absolute Gasteiger partial charge is 0.312 e. The summed E-state index contributed by atoms with van der Waals surface area (Å²) >= 11 is 0. The average Bonchev–Trinajstić information content (AvgIpc) is 1.60. The van der Waals surface area contributed by atoms with Gasteiger partial charge in [0, 0.05) is 5.04 Å². The zero-order valence-electron chi connectivity index (χ0n) is 5.89. The summed E-state index contributed by atoms with van der Waals surface area (Å²) in [5, 5.41) is 0.130. The molecule has 0 unspecified atom stereocenters. The molecular weight excluding hydrogens is 148 g/mol. The van der Waals surface area contributed by atoms with E-state index in [1.165, 1.54) is 0 Å². The third-order valence-corrected chi connectivity index (χ3v) is 6.53. The first-order valence-corrected chi connectivity index (χ1v) is 5.71. The van der Waals surface area contributed by atoms with E-state index < -0.39 is 19.3 Å². The molecule has 0 aromatic rings. The third-order valence-electron chi connectivity index (χ3n) is 1.57. The largest absolute Gasteiger partial charge is 0.422 e. The van der Waals surface area contributed by atoms with Crippen molar-refractivity contribution < 1.29 is 8.23 Å². The fraction of sp³-hybridized carbons (Fsp3) is 0.600. The maximum Gasteiger partial charge on any atom is 0.312 e. The Bertz CT molecular complexity index is 120. The lowest BCUT2D eigenvalue weighted by Gasteiger charge is -2.36. The van der Waals surface area contributed by atoms with E-state index in [0.717, 1.165) is 0 Å². The van der Waals surface area contributed by atoms with Crippen molar-refractivity contribution >= 4 is 19.3 Å². The molecule has 9 heavy (non-hydrogen) atoms.